The maximum Gasteiger partial charge on any atom is 0.270 e. The highest BCUT2D eigenvalue weighted by atomic mass is 32.2. The molecule has 1 aliphatic rings. The van der Waals surface area contributed by atoms with Crippen molar-refractivity contribution in [1.29, 1.82) is 0 Å². The molecule has 7 nitrogen and oxygen atoms in total. The van der Waals surface area contributed by atoms with Crippen LogP contribution in [0, 0.1) is 0 Å². The number of carbonyl (C=O) groups excluding carboxylic acids is 1. The molecular weight excluding hydrogens is 384 g/mol. The molecular formula is C18H28N4O3S2. The van der Waals surface area contributed by atoms with Gasteiger partial charge in [0.2, 0.25) is 0 Å². The lowest BCUT2D eigenvalue weighted by molar-refractivity contribution is 0.0922. The predicted octanol–water partition coefficient (Wildman–Crippen LogP) is 3.26. The molecule has 2 heterocycles. The van der Waals surface area contributed by atoms with Gasteiger partial charge in [-0.1, -0.05) is 19.3 Å². The second-order valence-corrected chi connectivity index (χ2v) is 7.72. The van der Waals surface area contributed by atoms with Crippen molar-refractivity contribution in [2.24, 2.45) is 0 Å². The first kappa shape index (κ1) is 21.7. The quantitative estimate of drug-likeness (QED) is 0.555. The normalized spacial score (nSPS) is 14.3. The summed E-state index contributed by atoms with van der Waals surface area (Å²) in [5.74, 6) is 0.471. The Morgan fingerprint density at radius 3 is 2.74 bits per heavy atom. The van der Waals surface area contributed by atoms with Crippen LogP contribution in [0.1, 0.15) is 44.0 Å². The lowest BCUT2D eigenvalue weighted by atomic mass is 9.95. The fraction of sp³-hybridized carbons (Fsp3) is 0.556. The highest BCUT2D eigenvalue weighted by Crippen LogP contribution is 2.23. The molecule has 2 aromatic rings. The van der Waals surface area contributed by atoms with Crippen LogP contribution >= 0.6 is 23.1 Å². The highest BCUT2D eigenvalue weighted by Gasteiger charge is 2.19. The molecule has 9 heteroatoms. The molecule has 150 valence electrons. The number of amides is 1. The molecule has 0 aliphatic heterocycles. The highest BCUT2D eigenvalue weighted by molar-refractivity contribution is 7.98. The fourth-order valence-electron chi connectivity index (χ4n) is 2.68. The zero-order chi connectivity index (χ0) is 19.5. The number of ether oxygens (including phenoxy) is 1. The van der Waals surface area contributed by atoms with Gasteiger partial charge in [0.05, 0.1) is 23.6 Å². The molecule has 27 heavy (non-hydrogen) atoms. The second kappa shape index (κ2) is 12.0. The summed E-state index contributed by atoms with van der Waals surface area (Å²) in [5, 5.41) is 11.8. The summed E-state index contributed by atoms with van der Waals surface area (Å²) in [4.78, 5) is 26.3. The van der Waals surface area contributed by atoms with Gasteiger partial charge in [-0.05, 0) is 19.1 Å². The summed E-state index contributed by atoms with van der Waals surface area (Å²) in [6, 6.07) is 2.04. The Morgan fingerprint density at radius 2 is 2.19 bits per heavy atom. The summed E-state index contributed by atoms with van der Waals surface area (Å²) < 4.78 is 4.44. The standard InChI is InChI=1S/C15H18N4OS2.C3H8O2.H2/c1-21-13-7-11(15(20)17-10-5-3-2-4-6-10)18-14(19-13)12-8-16-9-22-12;1-5-3-2-4;/h7-10H,2-6H2,1H3,(H,17,20);4H,2-3H2,1H3;1H. The van der Waals surface area contributed by atoms with Crippen LogP contribution in [0.4, 0.5) is 0 Å². The number of nitrogens with one attached hydrogen (secondary N) is 1. The van der Waals surface area contributed by atoms with Gasteiger partial charge in [-0.2, -0.15) is 0 Å². The molecule has 0 bridgehead atoms. The Labute approximate surface area is 169 Å². The molecule has 0 saturated heterocycles. The molecule has 0 aromatic carbocycles. The number of thiazole rings is 1. The van der Waals surface area contributed by atoms with Gasteiger partial charge in [-0.15, -0.1) is 23.1 Å². The SMILES string of the molecule is COCCO.CSc1cc(C(=O)NC2CCCCC2)nc(-c2cncs2)n1.[HH]. The van der Waals surface area contributed by atoms with Gasteiger partial charge in [0.15, 0.2) is 5.82 Å². The summed E-state index contributed by atoms with van der Waals surface area (Å²) >= 11 is 2.99. The topological polar surface area (TPSA) is 97.2 Å². The summed E-state index contributed by atoms with van der Waals surface area (Å²) in [7, 11) is 1.55. The first-order chi connectivity index (χ1) is 13.2. The van der Waals surface area contributed by atoms with Crippen molar-refractivity contribution in [2.75, 3.05) is 26.6 Å². The largest absolute Gasteiger partial charge is 0.394 e. The van der Waals surface area contributed by atoms with E-state index in [0.717, 1.165) is 22.7 Å². The minimum Gasteiger partial charge on any atom is -0.394 e. The molecule has 1 saturated carbocycles. The maximum atomic E-state index is 12.5. The number of methoxy groups -OCH3 is 1. The van der Waals surface area contributed by atoms with Crippen molar-refractivity contribution < 1.29 is 16.1 Å². The van der Waals surface area contributed by atoms with Crippen LogP contribution < -0.4 is 5.32 Å². The van der Waals surface area contributed by atoms with Crippen molar-refractivity contribution in [3.05, 3.63) is 23.5 Å². The molecule has 3 rings (SSSR count). The number of aliphatic hydroxyl groups is 1. The van der Waals surface area contributed by atoms with E-state index in [1.807, 2.05) is 6.26 Å². The van der Waals surface area contributed by atoms with E-state index < -0.39 is 0 Å². The second-order valence-electron chi connectivity index (χ2n) is 6.01. The van der Waals surface area contributed by atoms with Gasteiger partial charge < -0.3 is 15.2 Å². The molecule has 0 spiro atoms. The lowest BCUT2D eigenvalue weighted by Crippen LogP contribution is -2.36. The third-order valence-corrected chi connectivity index (χ3v) is 5.43. The number of hydrogen-bond acceptors (Lipinski definition) is 8. The number of thioether (sulfide) groups is 1. The van der Waals surface area contributed by atoms with E-state index in [1.54, 1.807) is 24.9 Å². The van der Waals surface area contributed by atoms with E-state index in [2.05, 4.69) is 25.0 Å². The van der Waals surface area contributed by atoms with E-state index in [4.69, 9.17) is 5.11 Å². The average molecular weight is 413 g/mol. The third kappa shape index (κ3) is 7.17. The zero-order valence-corrected chi connectivity index (χ0v) is 17.3. The lowest BCUT2D eigenvalue weighted by Gasteiger charge is -2.22. The van der Waals surface area contributed by atoms with Crippen molar-refractivity contribution in [3.63, 3.8) is 0 Å². The van der Waals surface area contributed by atoms with Crippen molar-refractivity contribution in [2.45, 2.75) is 43.2 Å². The maximum absolute atomic E-state index is 12.5. The zero-order valence-electron chi connectivity index (χ0n) is 15.7. The van der Waals surface area contributed by atoms with Crippen molar-refractivity contribution in [1.82, 2.24) is 20.3 Å². The van der Waals surface area contributed by atoms with Crippen LogP contribution in [0.25, 0.3) is 10.7 Å². The minimum atomic E-state index is -0.102. The minimum absolute atomic E-state index is 0. The van der Waals surface area contributed by atoms with Crippen LogP contribution in [-0.2, 0) is 4.74 Å². The fourth-order valence-corrected chi connectivity index (χ4v) is 3.64. The summed E-state index contributed by atoms with van der Waals surface area (Å²) in [5.41, 5.74) is 2.18. The van der Waals surface area contributed by atoms with E-state index >= 15 is 0 Å². The average Bonchev–Trinajstić information content (AvgIpc) is 3.24. The van der Waals surface area contributed by atoms with Gasteiger partial charge in [0.25, 0.3) is 5.91 Å². The van der Waals surface area contributed by atoms with Crippen LogP contribution in [-0.4, -0.2) is 58.6 Å². The number of hydrogen-bond donors (Lipinski definition) is 2. The monoisotopic (exact) mass is 412 g/mol. The molecule has 1 fully saturated rings. The van der Waals surface area contributed by atoms with E-state index in [-0.39, 0.29) is 20.0 Å². The first-order valence-corrected chi connectivity index (χ1v) is 11.0. The van der Waals surface area contributed by atoms with Gasteiger partial charge in [0, 0.05) is 26.8 Å². The Kier molecular flexibility index (Phi) is 9.68. The van der Waals surface area contributed by atoms with Gasteiger partial charge in [-0.25, -0.2) is 9.97 Å². The summed E-state index contributed by atoms with van der Waals surface area (Å²) in [6.45, 7) is 0.566. The van der Waals surface area contributed by atoms with Crippen molar-refractivity contribution in [3.8, 4) is 10.7 Å². The third-order valence-electron chi connectivity index (χ3n) is 4.03. The smallest absolute Gasteiger partial charge is 0.270 e. The molecule has 1 aliphatic carbocycles. The van der Waals surface area contributed by atoms with Crippen LogP contribution in [0.15, 0.2) is 22.8 Å². The van der Waals surface area contributed by atoms with Gasteiger partial charge >= 0.3 is 0 Å². The number of nitrogens with zero attached hydrogens (tertiary/aromatic N) is 3. The van der Waals surface area contributed by atoms with Crippen molar-refractivity contribution >= 4 is 29.0 Å². The van der Waals surface area contributed by atoms with E-state index in [9.17, 15) is 4.79 Å². The number of rotatable bonds is 6. The van der Waals surface area contributed by atoms with Gasteiger partial charge in [0.1, 0.15) is 10.7 Å². The molecule has 0 atom stereocenters. The molecule has 1 amide bonds. The number of carbonyl (C=O) groups is 1. The van der Waals surface area contributed by atoms with Crippen LogP contribution in [0.5, 0.6) is 0 Å². The van der Waals surface area contributed by atoms with E-state index in [1.165, 1.54) is 42.4 Å². The van der Waals surface area contributed by atoms with Gasteiger partial charge in [-0.3, -0.25) is 9.78 Å². The van der Waals surface area contributed by atoms with E-state index in [0.29, 0.717) is 18.1 Å². The Balaban J connectivity index is 0.000000584. The Bertz CT molecular complexity index is 696. The summed E-state index contributed by atoms with van der Waals surface area (Å²) in [6.07, 6.45) is 9.45. The number of aromatic nitrogens is 3. The Morgan fingerprint density at radius 1 is 1.41 bits per heavy atom. The molecule has 0 radical (unpaired) electrons. The molecule has 2 N–H and O–H groups in total. The molecule has 2 aromatic heterocycles. The van der Waals surface area contributed by atoms with Crippen LogP contribution in [0.2, 0.25) is 0 Å². The molecule has 0 unspecified atom stereocenters. The predicted molar refractivity (Wildman–Crippen MR) is 110 cm³/mol. The van der Waals surface area contributed by atoms with Crippen LogP contribution in [0.3, 0.4) is 0 Å². The first-order valence-electron chi connectivity index (χ1n) is 8.90. The Hall–Kier alpha value is -1.55. The number of aliphatic hydroxyl groups excluding tert-OH is 1.